The maximum Gasteiger partial charge on any atom is 0.238 e. The fourth-order valence-electron chi connectivity index (χ4n) is 2.39. The van der Waals surface area contributed by atoms with Gasteiger partial charge in [0.15, 0.2) is 5.75 Å². The minimum atomic E-state index is -0.276. The molecule has 3 aromatic rings. The number of benzene rings is 3. The molecule has 0 aromatic heterocycles. The molecule has 132 valence electrons. The Morgan fingerprint density at radius 1 is 0.885 bits per heavy atom. The molecule has 3 rings (SSSR count). The number of carbonyl (C=O) groups is 1. The molecular formula is C21H19FN2O2. The number of rotatable bonds is 7. The highest BCUT2D eigenvalue weighted by molar-refractivity contribution is 5.93. The fraction of sp³-hybridized carbons (Fsp3) is 0.0952. The summed E-state index contributed by atoms with van der Waals surface area (Å²) in [7, 11) is 0. The topological polar surface area (TPSA) is 50.4 Å². The van der Waals surface area contributed by atoms with E-state index in [1.54, 1.807) is 24.3 Å². The molecule has 0 unspecified atom stereocenters. The minimum Gasteiger partial charge on any atom is -0.455 e. The van der Waals surface area contributed by atoms with Gasteiger partial charge in [0.25, 0.3) is 0 Å². The lowest BCUT2D eigenvalue weighted by Crippen LogP contribution is -2.27. The molecule has 26 heavy (non-hydrogen) atoms. The molecule has 0 saturated heterocycles. The van der Waals surface area contributed by atoms with Crippen LogP contribution < -0.4 is 15.4 Å². The smallest absolute Gasteiger partial charge is 0.238 e. The Labute approximate surface area is 151 Å². The van der Waals surface area contributed by atoms with Crippen LogP contribution in [0.15, 0.2) is 78.9 Å². The van der Waals surface area contributed by atoms with Gasteiger partial charge in [0.2, 0.25) is 5.91 Å². The first-order valence-electron chi connectivity index (χ1n) is 8.27. The highest BCUT2D eigenvalue weighted by Crippen LogP contribution is 2.28. The van der Waals surface area contributed by atoms with Gasteiger partial charge < -0.3 is 15.4 Å². The molecule has 0 aliphatic rings. The van der Waals surface area contributed by atoms with E-state index in [1.165, 1.54) is 12.1 Å². The molecule has 5 heteroatoms. The first-order valence-corrected chi connectivity index (χ1v) is 8.27. The van der Waals surface area contributed by atoms with Crippen LogP contribution in [0.4, 0.5) is 10.1 Å². The Balaban J connectivity index is 1.55. The molecule has 2 N–H and O–H groups in total. The van der Waals surface area contributed by atoms with E-state index in [0.29, 0.717) is 23.7 Å². The Bertz CT molecular complexity index is 851. The van der Waals surface area contributed by atoms with Crippen LogP contribution in [0.3, 0.4) is 0 Å². The van der Waals surface area contributed by atoms with Gasteiger partial charge in [0.05, 0.1) is 12.2 Å². The van der Waals surface area contributed by atoms with Gasteiger partial charge in [-0.1, -0.05) is 42.5 Å². The van der Waals surface area contributed by atoms with Crippen LogP contribution in [0.25, 0.3) is 0 Å². The zero-order valence-electron chi connectivity index (χ0n) is 14.1. The third kappa shape index (κ3) is 5.16. The predicted molar refractivity (Wildman–Crippen MR) is 99.7 cm³/mol. The third-order valence-electron chi connectivity index (χ3n) is 3.66. The SMILES string of the molecule is O=C(CNCc1ccc(F)cc1)Nc1ccccc1Oc1ccccc1. The lowest BCUT2D eigenvalue weighted by molar-refractivity contribution is -0.115. The highest BCUT2D eigenvalue weighted by Gasteiger charge is 2.08. The number of ether oxygens (including phenoxy) is 1. The summed E-state index contributed by atoms with van der Waals surface area (Å²) in [5.41, 5.74) is 1.51. The largest absolute Gasteiger partial charge is 0.455 e. The lowest BCUT2D eigenvalue weighted by atomic mass is 10.2. The Kier molecular flexibility index (Phi) is 5.96. The van der Waals surface area contributed by atoms with Crippen molar-refractivity contribution >= 4 is 11.6 Å². The van der Waals surface area contributed by atoms with E-state index in [2.05, 4.69) is 10.6 Å². The minimum absolute atomic E-state index is 0.136. The highest BCUT2D eigenvalue weighted by atomic mass is 19.1. The molecule has 0 spiro atoms. The molecule has 0 atom stereocenters. The van der Waals surface area contributed by atoms with Gasteiger partial charge in [0, 0.05) is 6.54 Å². The molecule has 0 heterocycles. The van der Waals surface area contributed by atoms with Gasteiger partial charge in [-0.15, -0.1) is 0 Å². The molecule has 3 aromatic carbocycles. The zero-order valence-corrected chi connectivity index (χ0v) is 14.1. The summed E-state index contributed by atoms with van der Waals surface area (Å²) in [5, 5.41) is 5.87. The molecule has 0 saturated carbocycles. The van der Waals surface area contributed by atoms with E-state index >= 15 is 0 Å². The first kappa shape index (κ1) is 17.6. The van der Waals surface area contributed by atoms with E-state index in [0.717, 1.165) is 5.56 Å². The summed E-state index contributed by atoms with van der Waals surface area (Å²) < 4.78 is 18.7. The van der Waals surface area contributed by atoms with Crippen LogP contribution >= 0.6 is 0 Å². The quantitative estimate of drug-likeness (QED) is 0.666. The van der Waals surface area contributed by atoms with Crippen LogP contribution in [-0.2, 0) is 11.3 Å². The Morgan fingerprint density at radius 3 is 2.35 bits per heavy atom. The second kappa shape index (κ2) is 8.78. The average Bonchev–Trinajstić information content (AvgIpc) is 2.66. The lowest BCUT2D eigenvalue weighted by Gasteiger charge is -2.12. The number of hydrogen-bond donors (Lipinski definition) is 2. The standard InChI is InChI=1S/C21H19FN2O2/c22-17-12-10-16(11-13-17)14-23-15-21(25)24-19-8-4-5-9-20(19)26-18-6-2-1-3-7-18/h1-13,23H,14-15H2,(H,24,25). The molecule has 1 amide bonds. The maximum atomic E-state index is 12.9. The van der Waals surface area contributed by atoms with Crippen LogP contribution in [0.5, 0.6) is 11.5 Å². The number of nitrogens with one attached hydrogen (secondary N) is 2. The van der Waals surface area contributed by atoms with E-state index in [4.69, 9.17) is 4.74 Å². The van der Waals surface area contributed by atoms with E-state index in [1.807, 2.05) is 42.5 Å². The second-order valence-electron chi connectivity index (χ2n) is 5.69. The summed E-state index contributed by atoms with van der Waals surface area (Å²) in [4.78, 5) is 12.2. The summed E-state index contributed by atoms with van der Waals surface area (Å²) >= 11 is 0. The summed E-state index contributed by atoms with van der Waals surface area (Å²) in [5.74, 6) is 0.812. The van der Waals surface area contributed by atoms with Gasteiger partial charge in [-0.3, -0.25) is 4.79 Å². The van der Waals surface area contributed by atoms with E-state index < -0.39 is 0 Å². The van der Waals surface area contributed by atoms with Crippen molar-refractivity contribution in [1.82, 2.24) is 5.32 Å². The summed E-state index contributed by atoms with van der Waals surface area (Å²) in [6, 6.07) is 22.8. The number of para-hydroxylation sites is 3. The summed E-state index contributed by atoms with van der Waals surface area (Å²) in [6.07, 6.45) is 0. The van der Waals surface area contributed by atoms with E-state index in [-0.39, 0.29) is 18.3 Å². The molecule has 0 aliphatic carbocycles. The zero-order chi connectivity index (χ0) is 18.2. The van der Waals surface area contributed by atoms with Gasteiger partial charge >= 0.3 is 0 Å². The van der Waals surface area contributed by atoms with Gasteiger partial charge in [-0.2, -0.15) is 0 Å². The van der Waals surface area contributed by atoms with Crippen LogP contribution in [0.2, 0.25) is 0 Å². The fourth-order valence-corrected chi connectivity index (χ4v) is 2.39. The number of amides is 1. The predicted octanol–water partition coefficient (Wildman–Crippen LogP) is 4.35. The molecule has 0 radical (unpaired) electrons. The van der Waals surface area contributed by atoms with Crippen molar-refractivity contribution in [1.29, 1.82) is 0 Å². The second-order valence-corrected chi connectivity index (χ2v) is 5.69. The van der Waals surface area contributed by atoms with Crippen LogP contribution in [0, 0.1) is 5.82 Å². The van der Waals surface area contributed by atoms with Crippen LogP contribution in [-0.4, -0.2) is 12.5 Å². The van der Waals surface area contributed by atoms with Crippen LogP contribution in [0.1, 0.15) is 5.56 Å². The Morgan fingerprint density at radius 2 is 1.58 bits per heavy atom. The number of carbonyl (C=O) groups excluding carboxylic acids is 1. The normalized spacial score (nSPS) is 10.3. The Hall–Kier alpha value is -3.18. The molecular weight excluding hydrogens is 331 g/mol. The van der Waals surface area contributed by atoms with Gasteiger partial charge in [-0.05, 0) is 42.0 Å². The molecule has 0 aliphatic heterocycles. The van der Waals surface area contributed by atoms with E-state index in [9.17, 15) is 9.18 Å². The van der Waals surface area contributed by atoms with Crippen molar-refractivity contribution in [3.8, 4) is 11.5 Å². The molecule has 4 nitrogen and oxygen atoms in total. The van der Waals surface area contributed by atoms with Crippen molar-refractivity contribution in [2.24, 2.45) is 0 Å². The monoisotopic (exact) mass is 350 g/mol. The number of halogens is 1. The van der Waals surface area contributed by atoms with Crippen molar-refractivity contribution in [2.75, 3.05) is 11.9 Å². The summed E-state index contributed by atoms with van der Waals surface area (Å²) in [6.45, 7) is 0.618. The van der Waals surface area contributed by atoms with Crippen molar-refractivity contribution < 1.29 is 13.9 Å². The molecule has 0 bridgehead atoms. The third-order valence-corrected chi connectivity index (χ3v) is 3.66. The number of hydrogen-bond acceptors (Lipinski definition) is 3. The first-order chi connectivity index (χ1) is 12.7. The maximum absolute atomic E-state index is 12.9. The number of anilines is 1. The van der Waals surface area contributed by atoms with Gasteiger partial charge in [0.1, 0.15) is 11.6 Å². The van der Waals surface area contributed by atoms with Gasteiger partial charge in [-0.25, -0.2) is 4.39 Å². The van der Waals surface area contributed by atoms with Crippen molar-refractivity contribution in [3.63, 3.8) is 0 Å². The average molecular weight is 350 g/mol. The van der Waals surface area contributed by atoms with Crippen molar-refractivity contribution in [3.05, 3.63) is 90.2 Å². The van der Waals surface area contributed by atoms with Crippen molar-refractivity contribution in [2.45, 2.75) is 6.54 Å². The molecule has 0 fully saturated rings.